The van der Waals surface area contributed by atoms with E-state index in [1.165, 1.54) is 11.3 Å². The van der Waals surface area contributed by atoms with E-state index in [1.54, 1.807) is 6.07 Å². The Hall–Kier alpha value is -0.640. The van der Waals surface area contributed by atoms with Crippen LogP contribution in [0.4, 0.5) is 0 Å². The zero-order valence-electron chi connectivity index (χ0n) is 9.17. The SMILES string of the molecule is Cc1sc(C(=O)Cc2ccccc2Cl)cc1Br. The normalized spacial score (nSPS) is 10.5. The Balaban J connectivity index is 2.20. The first-order chi connectivity index (χ1) is 8.08. The number of rotatable bonds is 3. The van der Waals surface area contributed by atoms with Crippen molar-refractivity contribution in [3.05, 3.63) is 55.1 Å². The number of carbonyl (C=O) groups is 1. The largest absolute Gasteiger partial charge is 0.293 e. The van der Waals surface area contributed by atoms with Crippen LogP contribution in [0.3, 0.4) is 0 Å². The first-order valence-corrected chi connectivity index (χ1v) is 7.09. The lowest BCUT2D eigenvalue weighted by Gasteiger charge is -2.01. The Morgan fingerprint density at radius 1 is 1.41 bits per heavy atom. The summed E-state index contributed by atoms with van der Waals surface area (Å²) in [7, 11) is 0. The van der Waals surface area contributed by atoms with Crippen molar-refractivity contribution in [1.82, 2.24) is 0 Å². The van der Waals surface area contributed by atoms with E-state index in [0.717, 1.165) is 19.8 Å². The van der Waals surface area contributed by atoms with Crippen molar-refractivity contribution < 1.29 is 4.79 Å². The Bertz CT molecular complexity index is 543. The highest BCUT2D eigenvalue weighted by molar-refractivity contribution is 9.10. The van der Waals surface area contributed by atoms with Crippen molar-refractivity contribution in [3.8, 4) is 0 Å². The summed E-state index contributed by atoms with van der Waals surface area (Å²) >= 11 is 11.0. The van der Waals surface area contributed by atoms with Gasteiger partial charge in [0.25, 0.3) is 0 Å². The molecule has 1 aromatic carbocycles. The van der Waals surface area contributed by atoms with Gasteiger partial charge in [-0.05, 0) is 40.5 Å². The molecule has 0 spiro atoms. The number of halogens is 2. The van der Waals surface area contributed by atoms with Crippen LogP contribution in [0.15, 0.2) is 34.8 Å². The predicted molar refractivity (Wildman–Crippen MR) is 76.2 cm³/mol. The molecule has 1 aromatic heterocycles. The summed E-state index contributed by atoms with van der Waals surface area (Å²) in [5, 5.41) is 0.646. The number of hydrogen-bond acceptors (Lipinski definition) is 2. The summed E-state index contributed by atoms with van der Waals surface area (Å²) in [6.45, 7) is 1.99. The van der Waals surface area contributed by atoms with Crippen LogP contribution in [0.1, 0.15) is 20.1 Å². The van der Waals surface area contributed by atoms with Gasteiger partial charge in [0.1, 0.15) is 0 Å². The first kappa shape index (κ1) is 12.8. The quantitative estimate of drug-likeness (QED) is 0.732. The third-order valence-corrected chi connectivity index (χ3v) is 4.99. The molecule has 1 heterocycles. The van der Waals surface area contributed by atoms with Crippen LogP contribution in [0.25, 0.3) is 0 Å². The fraction of sp³-hybridized carbons (Fsp3) is 0.154. The van der Waals surface area contributed by atoms with Crippen LogP contribution in [0, 0.1) is 6.92 Å². The van der Waals surface area contributed by atoms with Crippen LogP contribution < -0.4 is 0 Å². The van der Waals surface area contributed by atoms with Gasteiger partial charge in [0.15, 0.2) is 5.78 Å². The Labute approximate surface area is 118 Å². The lowest BCUT2D eigenvalue weighted by molar-refractivity contribution is 0.0997. The van der Waals surface area contributed by atoms with Gasteiger partial charge in [0, 0.05) is 20.8 Å². The van der Waals surface area contributed by atoms with Gasteiger partial charge in [0.05, 0.1) is 4.88 Å². The number of hydrogen-bond donors (Lipinski definition) is 0. The minimum atomic E-state index is 0.108. The molecule has 0 saturated carbocycles. The van der Waals surface area contributed by atoms with Crippen molar-refractivity contribution in [3.63, 3.8) is 0 Å². The lowest BCUT2D eigenvalue weighted by atomic mass is 10.1. The fourth-order valence-corrected chi connectivity index (χ4v) is 3.17. The van der Waals surface area contributed by atoms with Crippen molar-refractivity contribution in [2.45, 2.75) is 13.3 Å². The fourth-order valence-electron chi connectivity index (χ4n) is 1.50. The molecule has 0 unspecified atom stereocenters. The van der Waals surface area contributed by atoms with E-state index in [0.29, 0.717) is 11.4 Å². The number of Topliss-reactive ketones (excluding diaryl/α,β-unsaturated/α-hetero) is 1. The van der Waals surface area contributed by atoms with Crippen LogP contribution in [-0.4, -0.2) is 5.78 Å². The molecule has 0 N–H and O–H groups in total. The monoisotopic (exact) mass is 328 g/mol. The highest BCUT2D eigenvalue weighted by atomic mass is 79.9. The van der Waals surface area contributed by atoms with E-state index < -0.39 is 0 Å². The molecular weight excluding hydrogens is 320 g/mol. The molecule has 4 heteroatoms. The first-order valence-electron chi connectivity index (χ1n) is 5.10. The molecule has 88 valence electrons. The van der Waals surface area contributed by atoms with Gasteiger partial charge in [-0.15, -0.1) is 11.3 Å². The maximum atomic E-state index is 12.1. The summed E-state index contributed by atoms with van der Waals surface area (Å²) in [6.07, 6.45) is 0.353. The minimum Gasteiger partial charge on any atom is -0.293 e. The minimum absolute atomic E-state index is 0.108. The van der Waals surface area contributed by atoms with E-state index >= 15 is 0 Å². The molecule has 2 rings (SSSR count). The van der Waals surface area contributed by atoms with Gasteiger partial charge >= 0.3 is 0 Å². The maximum absolute atomic E-state index is 12.1. The standard InChI is InChI=1S/C13H10BrClOS/c1-8-10(14)7-13(17-8)12(16)6-9-4-2-3-5-11(9)15/h2-5,7H,6H2,1H3. The van der Waals surface area contributed by atoms with Crippen LogP contribution in [-0.2, 0) is 6.42 Å². The molecule has 0 saturated heterocycles. The number of thiophene rings is 1. The summed E-state index contributed by atoms with van der Waals surface area (Å²) in [4.78, 5) is 14.0. The summed E-state index contributed by atoms with van der Waals surface area (Å²) in [5.74, 6) is 0.108. The highest BCUT2D eigenvalue weighted by Crippen LogP contribution is 2.28. The van der Waals surface area contributed by atoms with Crippen molar-refractivity contribution in [2.75, 3.05) is 0 Å². The molecule has 0 amide bonds. The molecule has 0 fully saturated rings. The Morgan fingerprint density at radius 2 is 2.12 bits per heavy atom. The molecule has 0 radical (unpaired) electrons. The molecule has 1 nitrogen and oxygen atoms in total. The van der Waals surface area contributed by atoms with Gasteiger partial charge in [-0.1, -0.05) is 29.8 Å². The summed E-state index contributed by atoms with van der Waals surface area (Å²) in [6, 6.07) is 9.32. The second-order valence-corrected chi connectivity index (χ2v) is 6.22. The zero-order valence-corrected chi connectivity index (χ0v) is 12.3. The number of benzene rings is 1. The third-order valence-electron chi connectivity index (χ3n) is 2.44. The third kappa shape index (κ3) is 2.97. The average Bonchev–Trinajstić information content (AvgIpc) is 2.63. The topological polar surface area (TPSA) is 17.1 Å². The highest BCUT2D eigenvalue weighted by Gasteiger charge is 2.13. The summed E-state index contributed by atoms with van der Waals surface area (Å²) < 4.78 is 0.991. The van der Waals surface area contributed by atoms with E-state index in [1.807, 2.05) is 31.2 Å². The molecule has 0 aliphatic heterocycles. The molecule has 0 aliphatic rings. The molecule has 2 aromatic rings. The van der Waals surface area contributed by atoms with E-state index in [-0.39, 0.29) is 5.78 Å². The number of aryl methyl sites for hydroxylation is 1. The van der Waals surface area contributed by atoms with Gasteiger partial charge in [0.2, 0.25) is 0 Å². The molecular formula is C13H10BrClOS. The Kier molecular flexibility index (Phi) is 4.02. The smallest absolute Gasteiger partial charge is 0.177 e. The van der Waals surface area contributed by atoms with Crippen molar-refractivity contribution >= 4 is 44.7 Å². The molecule has 0 aliphatic carbocycles. The van der Waals surface area contributed by atoms with Gasteiger partial charge < -0.3 is 0 Å². The maximum Gasteiger partial charge on any atom is 0.177 e. The van der Waals surface area contributed by atoms with E-state index in [2.05, 4.69) is 15.9 Å². The van der Waals surface area contributed by atoms with Crippen molar-refractivity contribution in [2.24, 2.45) is 0 Å². The van der Waals surface area contributed by atoms with Gasteiger partial charge in [-0.2, -0.15) is 0 Å². The summed E-state index contributed by atoms with van der Waals surface area (Å²) in [5.41, 5.74) is 0.876. The second kappa shape index (κ2) is 5.34. The van der Waals surface area contributed by atoms with Crippen LogP contribution in [0.2, 0.25) is 5.02 Å². The zero-order chi connectivity index (χ0) is 12.4. The number of ketones is 1. The number of carbonyl (C=O) groups excluding carboxylic acids is 1. The molecule has 0 atom stereocenters. The Morgan fingerprint density at radius 3 is 2.71 bits per heavy atom. The van der Waals surface area contributed by atoms with E-state index in [9.17, 15) is 4.79 Å². The average molecular weight is 330 g/mol. The van der Waals surface area contributed by atoms with Crippen LogP contribution in [0.5, 0.6) is 0 Å². The molecule has 17 heavy (non-hydrogen) atoms. The van der Waals surface area contributed by atoms with Crippen molar-refractivity contribution in [1.29, 1.82) is 0 Å². The predicted octanol–water partition coefficient (Wildman–Crippen LogP) is 4.90. The van der Waals surface area contributed by atoms with E-state index in [4.69, 9.17) is 11.6 Å². The van der Waals surface area contributed by atoms with Crippen LogP contribution >= 0.6 is 38.9 Å². The second-order valence-electron chi connectivity index (χ2n) is 3.71. The molecule has 0 bridgehead atoms. The van der Waals surface area contributed by atoms with Gasteiger partial charge in [-0.3, -0.25) is 4.79 Å². The lowest BCUT2D eigenvalue weighted by Crippen LogP contribution is -2.01. The van der Waals surface area contributed by atoms with Gasteiger partial charge in [-0.25, -0.2) is 0 Å².